The number of amides is 12. The summed E-state index contributed by atoms with van der Waals surface area (Å²) in [7, 11) is 0. The largest absolute Gasteiger partial charge is 0.356 e. The van der Waals surface area contributed by atoms with Crippen molar-refractivity contribution in [1.29, 1.82) is 0 Å². The second kappa shape index (κ2) is 45.0. The highest BCUT2D eigenvalue weighted by atomic mass is 16.6. The lowest BCUT2D eigenvalue weighted by Gasteiger charge is -2.59. The smallest absolute Gasteiger partial charge is 0.227 e. The lowest BCUT2D eigenvalue weighted by atomic mass is 9.69. The fourth-order valence-electron chi connectivity index (χ4n) is 13.7. The highest BCUT2D eigenvalue weighted by Crippen LogP contribution is 2.45. The third-order valence-corrected chi connectivity index (χ3v) is 17.9. The maximum atomic E-state index is 11.9. The molecule has 0 aromatic carbocycles. The van der Waals surface area contributed by atoms with Gasteiger partial charge in [-0.3, -0.25) is 87.6 Å². The molecule has 34 heteroatoms. The van der Waals surface area contributed by atoms with E-state index in [4.69, 9.17) is 11.5 Å². The molecule has 0 spiro atoms. The van der Waals surface area contributed by atoms with Gasteiger partial charge in [0.1, 0.15) is 0 Å². The molecule has 0 aromatic rings. The summed E-state index contributed by atoms with van der Waals surface area (Å²) in [6, 6.07) is -0.324. The third kappa shape index (κ3) is 36.2. The normalized spacial score (nSPS) is 22.4. The summed E-state index contributed by atoms with van der Waals surface area (Å²) in [5.74, 6) is -1.40. The summed E-state index contributed by atoms with van der Waals surface area (Å²) in [5, 5.41) is 56.8. The zero-order valence-corrected chi connectivity index (χ0v) is 60.2. The Morgan fingerprint density at radius 1 is 0.347 bits per heavy atom. The molecule has 98 heavy (non-hydrogen) atoms. The topological polar surface area (TPSA) is 494 Å². The Hall–Kier alpha value is -7.72. The first-order valence-corrected chi connectivity index (χ1v) is 34.1. The van der Waals surface area contributed by atoms with Crippen LogP contribution in [0.2, 0.25) is 0 Å². The van der Waals surface area contributed by atoms with Gasteiger partial charge >= 0.3 is 0 Å². The van der Waals surface area contributed by atoms with Crippen LogP contribution in [0.5, 0.6) is 0 Å². The Balaban J connectivity index is 0.000000654. The number of nitrogens with one attached hydrogen (secondary N) is 12. The first-order valence-electron chi connectivity index (χ1n) is 34.1. The van der Waals surface area contributed by atoms with Crippen LogP contribution in [0, 0.1) is 20.2 Å². The monoisotopic (exact) mass is 1390 g/mol. The Morgan fingerprint density at radius 2 is 0.531 bits per heavy atom. The predicted molar refractivity (Wildman–Crippen MR) is 367 cm³/mol. The van der Waals surface area contributed by atoms with Gasteiger partial charge in [-0.05, 0) is 77.0 Å². The summed E-state index contributed by atoms with van der Waals surface area (Å²) < 4.78 is 0. The third-order valence-electron chi connectivity index (χ3n) is 17.9. The van der Waals surface area contributed by atoms with Crippen LogP contribution < -0.4 is 75.3 Å². The molecule has 6 heterocycles. The Kier molecular flexibility index (Phi) is 40.6. The van der Waals surface area contributed by atoms with E-state index < -0.39 is 11.1 Å². The molecule has 560 valence electrons. The maximum Gasteiger partial charge on any atom is 0.227 e. The van der Waals surface area contributed by atoms with Gasteiger partial charge in [0, 0.05) is 257 Å². The molecule has 0 radical (unpaired) electrons. The first kappa shape index (κ1) is 88.3. The zero-order valence-electron chi connectivity index (χ0n) is 60.2. The van der Waals surface area contributed by atoms with E-state index in [0.717, 1.165) is 57.8 Å². The van der Waals surface area contributed by atoms with Crippen LogP contribution >= 0.6 is 0 Å². The number of nitrogens with two attached hydrogens (primary N) is 2. The van der Waals surface area contributed by atoms with Crippen molar-refractivity contribution in [3.05, 3.63) is 20.2 Å². The summed E-state index contributed by atoms with van der Waals surface area (Å²) in [6.07, 6.45) is 10.8. The van der Waals surface area contributed by atoms with Gasteiger partial charge in [-0.1, -0.05) is 0 Å². The van der Waals surface area contributed by atoms with Crippen molar-refractivity contribution in [2.75, 3.05) is 78.5 Å². The number of fused-ring (bicyclic) bond motifs is 6. The molecule has 0 aromatic heterocycles. The zero-order chi connectivity index (χ0) is 74.4. The maximum absolute atomic E-state index is 11.9. The molecule has 4 bridgehead atoms. The average Bonchev–Trinajstić information content (AvgIpc) is 0.746. The number of carbonyl (C=O) groups excluding carboxylic acids is 12. The van der Waals surface area contributed by atoms with E-state index in [9.17, 15) is 77.8 Å². The summed E-state index contributed by atoms with van der Waals surface area (Å²) >= 11 is 0. The van der Waals surface area contributed by atoms with Crippen molar-refractivity contribution in [3.63, 3.8) is 0 Å². The minimum atomic E-state index is -1.12. The Bertz CT molecular complexity index is 2400. The van der Waals surface area contributed by atoms with Gasteiger partial charge in [0.05, 0.1) is 0 Å². The van der Waals surface area contributed by atoms with Crippen LogP contribution in [0.3, 0.4) is 0 Å². The van der Waals surface area contributed by atoms with Gasteiger partial charge in [-0.15, -0.1) is 0 Å². The minimum Gasteiger partial charge on any atom is -0.356 e. The van der Waals surface area contributed by atoms with Crippen molar-refractivity contribution in [3.8, 4) is 0 Å². The predicted octanol–water partition coefficient (Wildman–Crippen LogP) is -1.10. The molecular formula is C64H118N18O16. The molecule has 0 aliphatic carbocycles. The SMILES string of the molecule is CC(=O)NCC1CC2(N)CC(CNC(C)=O)N1[C@@H](CNC(C)=O)C2.CC(=O)NCC1CC2([N+](=O)[O-])CC(CNC(C)=O)N1[C@@H](CNC(C)=O)C2.CC(=O)NCCCC(CCCNC(C)=O)(CCCNC(C)=O)[N+](=O)[O-].CC(=O)NCCCC(N)(CCCNC(C)=O)CCCNC(C)=O. The van der Waals surface area contributed by atoms with E-state index >= 15 is 0 Å². The second-order valence-electron chi connectivity index (χ2n) is 26.9. The fourth-order valence-corrected chi connectivity index (χ4v) is 13.7. The van der Waals surface area contributed by atoms with E-state index in [2.05, 4.69) is 73.6 Å². The van der Waals surface area contributed by atoms with Crippen LogP contribution in [-0.4, -0.2) is 227 Å². The highest BCUT2D eigenvalue weighted by Gasteiger charge is 2.61. The standard InChI is InChI=1S/C16H27N5O5.C16H29N5O3.C16H30N4O5.C16H32N4O3/c1-10(22)17-7-13-4-16(21(25)26)5-14(8-18-11(2)23)20(13)15(6-16)9-19-12(3)24;1-10(22)18-7-13-4-16(17)5-14(8-19-11(2)23)21(13)15(6-16)9-20-12(3)24;1-13(21)17-10-4-7-16(20(24)25,8-5-11-18-14(2)22)9-6-12-19-15(3)23;1-13(21)18-10-4-7-16(17,8-5-11-19-14(2)22)9-6-12-20-15(3)23/h13-15H,4-9H2,1-3H3,(H,17,22)(H,18,23)(H,19,24);13-15H,4-9,17H2,1-3H3,(H,18,22)(H,19,23)(H,20,24);4-12H2,1-3H3,(H,17,21)(H,18,22)(H,19,23);4-12,17H2,1-3H3,(H,18,21)(H,19,22)(H,20,23)/t2*13-,14?,15?,16?;;/m11../s1. The van der Waals surface area contributed by atoms with E-state index in [1.807, 2.05) is 0 Å². The van der Waals surface area contributed by atoms with Crippen LogP contribution in [-0.2, 0) is 57.5 Å². The second-order valence-corrected chi connectivity index (χ2v) is 26.9. The molecule has 34 nitrogen and oxygen atoms in total. The molecule has 6 rings (SSSR count). The summed E-state index contributed by atoms with van der Waals surface area (Å²) in [6.45, 7) is 22.9. The van der Waals surface area contributed by atoms with Gasteiger partial charge in [-0.2, -0.15) is 0 Å². The molecular weight excluding hydrogens is 1280 g/mol. The van der Waals surface area contributed by atoms with E-state index in [1.165, 1.54) is 83.1 Å². The molecule has 16 N–H and O–H groups in total. The lowest BCUT2D eigenvalue weighted by Crippen LogP contribution is -2.73. The number of carbonyl (C=O) groups is 12. The molecule has 0 saturated carbocycles. The van der Waals surface area contributed by atoms with E-state index in [1.54, 1.807) is 0 Å². The van der Waals surface area contributed by atoms with Crippen molar-refractivity contribution in [2.24, 2.45) is 11.5 Å². The van der Waals surface area contributed by atoms with Gasteiger partial charge in [0.15, 0.2) is 0 Å². The van der Waals surface area contributed by atoms with Gasteiger partial charge < -0.3 is 75.3 Å². The minimum absolute atomic E-state index is 0.0380. The molecule has 12 amide bonds. The van der Waals surface area contributed by atoms with Gasteiger partial charge in [0.25, 0.3) is 0 Å². The van der Waals surface area contributed by atoms with Gasteiger partial charge in [0.2, 0.25) is 82.0 Å². The first-order chi connectivity index (χ1) is 45.8. The van der Waals surface area contributed by atoms with E-state index in [-0.39, 0.29) is 128 Å². The average molecular weight is 1400 g/mol. The van der Waals surface area contributed by atoms with Crippen LogP contribution in [0.25, 0.3) is 0 Å². The molecule has 6 aliphatic heterocycles. The van der Waals surface area contributed by atoms with Crippen molar-refractivity contribution >= 4 is 70.9 Å². The quantitative estimate of drug-likeness (QED) is 0.0198. The number of hydrogen-bond acceptors (Lipinski definition) is 20. The Labute approximate surface area is 577 Å². The molecule has 6 aliphatic rings. The number of nitrogens with zero attached hydrogens (tertiary/aromatic N) is 4. The molecule has 4 unspecified atom stereocenters. The number of piperidine rings is 6. The fraction of sp³-hybridized carbons (Fsp3) is 0.812. The number of nitro groups is 2. The van der Waals surface area contributed by atoms with Gasteiger partial charge in [-0.25, -0.2) is 0 Å². The van der Waals surface area contributed by atoms with Crippen LogP contribution in [0.4, 0.5) is 0 Å². The van der Waals surface area contributed by atoms with E-state index in [0.29, 0.717) is 136 Å². The number of hydrogen-bond donors (Lipinski definition) is 14. The lowest BCUT2D eigenvalue weighted by molar-refractivity contribution is -0.588. The summed E-state index contributed by atoms with van der Waals surface area (Å²) in [4.78, 5) is 161. The Morgan fingerprint density at radius 3 is 0.704 bits per heavy atom. The van der Waals surface area contributed by atoms with Crippen molar-refractivity contribution in [2.45, 2.75) is 257 Å². The highest BCUT2D eigenvalue weighted by molar-refractivity contribution is 5.76. The van der Waals surface area contributed by atoms with Crippen LogP contribution in [0.1, 0.15) is 199 Å². The summed E-state index contributed by atoms with van der Waals surface area (Å²) in [5.41, 5.74) is 10.2. The van der Waals surface area contributed by atoms with Crippen molar-refractivity contribution < 1.29 is 67.4 Å². The number of rotatable bonds is 38. The van der Waals surface area contributed by atoms with Crippen LogP contribution in [0.15, 0.2) is 0 Å². The molecule has 6 atom stereocenters. The van der Waals surface area contributed by atoms with Crippen molar-refractivity contribution in [1.82, 2.24) is 73.6 Å². The molecule has 6 saturated heterocycles. The molecule has 6 fully saturated rings.